The van der Waals surface area contributed by atoms with Gasteiger partial charge >= 0.3 is 0 Å². The van der Waals surface area contributed by atoms with Crippen LogP contribution in [0.15, 0.2) is 60.7 Å². The lowest BCUT2D eigenvalue weighted by atomic mass is 10.0. The van der Waals surface area contributed by atoms with E-state index in [2.05, 4.69) is 49.7 Å². The molecule has 0 saturated heterocycles. The highest BCUT2D eigenvalue weighted by Gasteiger charge is 2.08. The van der Waals surface area contributed by atoms with Gasteiger partial charge in [0.15, 0.2) is 0 Å². The van der Waals surface area contributed by atoms with Crippen molar-refractivity contribution in [2.75, 3.05) is 0 Å². The van der Waals surface area contributed by atoms with Gasteiger partial charge in [-0.25, -0.2) is 8.78 Å². The molecule has 3 aromatic rings. The zero-order valence-corrected chi connectivity index (χ0v) is 20.2. The second kappa shape index (κ2) is 13.4. The van der Waals surface area contributed by atoms with E-state index in [1.807, 2.05) is 36.4 Å². The van der Waals surface area contributed by atoms with Crippen LogP contribution in [0.1, 0.15) is 85.8 Å². The van der Waals surface area contributed by atoms with Crippen molar-refractivity contribution in [1.82, 2.24) is 0 Å². The molecule has 0 fully saturated rings. The maximum absolute atomic E-state index is 14.5. The van der Waals surface area contributed by atoms with E-state index < -0.39 is 11.6 Å². The van der Waals surface area contributed by atoms with E-state index in [9.17, 15) is 8.78 Å². The number of rotatable bonds is 8. The van der Waals surface area contributed by atoms with Crippen molar-refractivity contribution in [2.45, 2.75) is 65.2 Å². The summed E-state index contributed by atoms with van der Waals surface area (Å²) in [5.74, 6) is 9.97. The minimum Gasteiger partial charge on any atom is -0.205 e. The summed E-state index contributed by atoms with van der Waals surface area (Å²) in [6.45, 7) is 4.35. The van der Waals surface area contributed by atoms with Crippen LogP contribution in [-0.4, -0.2) is 0 Å². The summed E-state index contributed by atoms with van der Waals surface area (Å²) in [6, 6.07) is 18.3. The molecule has 0 spiro atoms. The van der Waals surface area contributed by atoms with Gasteiger partial charge in [-0.3, -0.25) is 0 Å². The highest BCUT2D eigenvalue weighted by Crippen LogP contribution is 2.15. The molecular weight excluding hydrogens is 422 g/mol. The maximum atomic E-state index is 14.5. The number of hydrogen-bond acceptors (Lipinski definition) is 0. The fourth-order valence-corrected chi connectivity index (χ4v) is 3.77. The van der Waals surface area contributed by atoms with Crippen LogP contribution in [0, 0.1) is 35.3 Å². The summed E-state index contributed by atoms with van der Waals surface area (Å²) in [4.78, 5) is 0. The molecule has 0 aliphatic heterocycles. The summed E-state index contributed by atoms with van der Waals surface area (Å²) in [5.41, 5.74) is 4.14. The van der Waals surface area contributed by atoms with E-state index in [-0.39, 0.29) is 5.56 Å². The second-order valence-corrected chi connectivity index (χ2v) is 8.62. The third-order valence-corrected chi connectivity index (χ3v) is 5.74. The lowest BCUT2D eigenvalue weighted by Crippen LogP contribution is -1.93. The first-order valence-electron chi connectivity index (χ1n) is 12.3. The molecule has 0 bridgehead atoms. The predicted octanol–water partition coefficient (Wildman–Crippen LogP) is 8.23. The molecular formula is C32H32F2. The first-order chi connectivity index (χ1) is 16.6. The summed E-state index contributed by atoms with van der Waals surface area (Å²) in [7, 11) is 0. The van der Waals surface area contributed by atoms with Crippen LogP contribution in [0.3, 0.4) is 0 Å². The molecule has 0 heterocycles. The molecule has 0 nitrogen and oxygen atoms in total. The van der Waals surface area contributed by atoms with Crippen LogP contribution in [0.5, 0.6) is 0 Å². The Morgan fingerprint density at radius 3 is 1.59 bits per heavy atom. The van der Waals surface area contributed by atoms with Gasteiger partial charge in [-0.05, 0) is 66.8 Å². The lowest BCUT2D eigenvalue weighted by Gasteiger charge is -2.02. The Morgan fingerprint density at radius 2 is 1.03 bits per heavy atom. The van der Waals surface area contributed by atoms with Crippen molar-refractivity contribution in [2.24, 2.45) is 0 Å². The van der Waals surface area contributed by atoms with E-state index in [0.29, 0.717) is 5.56 Å². The maximum Gasteiger partial charge on any atom is 0.143 e. The van der Waals surface area contributed by atoms with Gasteiger partial charge in [-0.1, -0.05) is 93.9 Å². The Labute approximate surface area is 203 Å². The quantitative estimate of drug-likeness (QED) is 0.237. The Hall–Kier alpha value is -3.36. The molecule has 34 heavy (non-hydrogen) atoms. The SMILES string of the molecule is CCCCCCCc1ccc(C#Cc2cc(F)c(C#Cc3ccc(CCC)cc3)c(F)c2)cc1. The van der Waals surface area contributed by atoms with Gasteiger partial charge in [-0.2, -0.15) is 0 Å². The largest absolute Gasteiger partial charge is 0.205 e. The molecule has 174 valence electrons. The molecule has 0 saturated carbocycles. The molecule has 2 heteroatoms. The summed E-state index contributed by atoms with van der Waals surface area (Å²) in [5, 5.41) is 0. The molecule has 0 atom stereocenters. The number of hydrogen-bond donors (Lipinski definition) is 0. The van der Waals surface area contributed by atoms with Crippen LogP contribution in [0.25, 0.3) is 0 Å². The second-order valence-electron chi connectivity index (χ2n) is 8.62. The molecule has 0 aromatic heterocycles. The third kappa shape index (κ3) is 7.90. The summed E-state index contributed by atoms with van der Waals surface area (Å²) < 4.78 is 29.1. The van der Waals surface area contributed by atoms with Crippen LogP contribution in [0.4, 0.5) is 8.78 Å². The Morgan fingerprint density at radius 1 is 0.529 bits per heavy atom. The third-order valence-electron chi connectivity index (χ3n) is 5.74. The van der Waals surface area contributed by atoms with Gasteiger partial charge in [0.1, 0.15) is 11.6 Å². The number of benzene rings is 3. The van der Waals surface area contributed by atoms with Gasteiger partial charge in [0.2, 0.25) is 0 Å². The normalized spacial score (nSPS) is 10.2. The van der Waals surface area contributed by atoms with Gasteiger partial charge in [0.05, 0.1) is 5.56 Å². The first-order valence-corrected chi connectivity index (χ1v) is 12.3. The van der Waals surface area contributed by atoms with E-state index in [4.69, 9.17) is 0 Å². The van der Waals surface area contributed by atoms with Gasteiger partial charge in [-0.15, -0.1) is 0 Å². The minimum atomic E-state index is -0.696. The number of aryl methyl sites for hydroxylation is 2. The Kier molecular flexibility index (Phi) is 9.94. The van der Waals surface area contributed by atoms with Crippen molar-refractivity contribution in [3.63, 3.8) is 0 Å². The molecule has 3 aromatic carbocycles. The zero-order valence-electron chi connectivity index (χ0n) is 20.2. The summed E-state index contributed by atoms with van der Waals surface area (Å²) in [6.07, 6.45) is 9.45. The molecule has 0 N–H and O–H groups in total. The monoisotopic (exact) mass is 454 g/mol. The van der Waals surface area contributed by atoms with E-state index in [1.165, 1.54) is 55.4 Å². The Bertz CT molecular complexity index is 1160. The zero-order chi connectivity index (χ0) is 24.2. The lowest BCUT2D eigenvalue weighted by molar-refractivity contribution is 0.577. The van der Waals surface area contributed by atoms with Crippen LogP contribution in [0.2, 0.25) is 0 Å². The predicted molar refractivity (Wildman–Crippen MR) is 138 cm³/mol. The van der Waals surface area contributed by atoms with Gasteiger partial charge in [0, 0.05) is 16.7 Å². The Balaban J connectivity index is 1.64. The molecule has 0 amide bonds. The molecule has 0 aliphatic rings. The van der Waals surface area contributed by atoms with E-state index >= 15 is 0 Å². The van der Waals surface area contributed by atoms with Crippen LogP contribution in [-0.2, 0) is 12.8 Å². The number of halogens is 2. The van der Waals surface area contributed by atoms with Crippen molar-refractivity contribution < 1.29 is 8.78 Å². The topological polar surface area (TPSA) is 0 Å². The van der Waals surface area contributed by atoms with Crippen molar-refractivity contribution in [3.8, 4) is 23.7 Å². The fourth-order valence-electron chi connectivity index (χ4n) is 3.77. The van der Waals surface area contributed by atoms with Crippen LogP contribution < -0.4 is 0 Å². The average molecular weight is 455 g/mol. The average Bonchev–Trinajstić information content (AvgIpc) is 2.84. The molecule has 3 rings (SSSR count). The molecule has 0 radical (unpaired) electrons. The van der Waals surface area contributed by atoms with Crippen LogP contribution >= 0.6 is 0 Å². The van der Waals surface area contributed by atoms with Crippen molar-refractivity contribution in [1.29, 1.82) is 0 Å². The van der Waals surface area contributed by atoms with E-state index in [1.54, 1.807) is 0 Å². The molecule has 0 unspecified atom stereocenters. The van der Waals surface area contributed by atoms with E-state index in [0.717, 1.165) is 30.4 Å². The highest BCUT2D eigenvalue weighted by molar-refractivity contribution is 5.49. The minimum absolute atomic E-state index is 0.230. The highest BCUT2D eigenvalue weighted by atomic mass is 19.1. The fraction of sp³-hybridized carbons (Fsp3) is 0.312. The molecule has 0 aliphatic carbocycles. The van der Waals surface area contributed by atoms with Crippen molar-refractivity contribution in [3.05, 3.63) is 106 Å². The summed E-state index contributed by atoms with van der Waals surface area (Å²) >= 11 is 0. The standard InChI is InChI=1S/C32H32F2/c1-3-5-6-7-8-10-26-13-17-27(18-14-26)19-20-29-23-31(33)30(32(34)24-29)22-21-28-15-11-25(9-4-2)12-16-28/h11-18,23-24H,3-10H2,1-2H3. The smallest absolute Gasteiger partial charge is 0.143 e. The van der Waals surface area contributed by atoms with Crippen molar-refractivity contribution >= 4 is 0 Å². The first kappa shape index (κ1) is 25.3. The van der Waals surface area contributed by atoms with Gasteiger partial charge < -0.3 is 0 Å². The number of unbranched alkanes of at least 4 members (excludes halogenated alkanes) is 4. The van der Waals surface area contributed by atoms with Gasteiger partial charge in [0.25, 0.3) is 0 Å².